The Morgan fingerprint density at radius 3 is 2.38 bits per heavy atom. The fourth-order valence-electron chi connectivity index (χ4n) is 3.42. The minimum atomic E-state index is -3.53. The molecule has 0 N–H and O–H groups in total. The van der Waals surface area contributed by atoms with Gasteiger partial charge in [0, 0.05) is 0 Å². The van der Waals surface area contributed by atoms with E-state index in [9.17, 15) is 4.79 Å². The van der Waals surface area contributed by atoms with E-state index in [0.29, 0.717) is 17.8 Å². The molecule has 136 valence electrons. The number of benzene rings is 1. The molecule has 1 fully saturated rings. The zero-order chi connectivity index (χ0) is 17.9. The molecule has 1 aliphatic rings. The van der Waals surface area contributed by atoms with Gasteiger partial charge in [0.05, 0.1) is 0 Å². The third-order valence-corrected chi connectivity index (χ3v) is 16.7. The number of esters is 1. The van der Waals surface area contributed by atoms with E-state index in [1.807, 2.05) is 37.3 Å². The Morgan fingerprint density at radius 2 is 1.79 bits per heavy atom. The van der Waals surface area contributed by atoms with Crippen LogP contribution in [0.3, 0.4) is 0 Å². The first-order valence-corrected chi connectivity index (χ1v) is 17.1. The molecule has 0 bridgehead atoms. The van der Waals surface area contributed by atoms with Crippen molar-refractivity contribution in [1.82, 2.24) is 0 Å². The third-order valence-electron chi connectivity index (χ3n) is 5.06. The molecule has 0 spiro atoms. The van der Waals surface area contributed by atoms with Gasteiger partial charge in [0.15, 0.2) is 0 Å². The molecule has 1 aromatic rings. The van der Waals surface area contributed by atoms with Crippen LogP contribution in [-0.2, 0) is 9.53 Å². The molecule has 5 heteroatoms. The van der Waals surface area contributed by atoms with E-state index in [0.717, 1.165) is 16.5 Å². The Labute approximate surface area is 157 Å². The normalized spacial score (nSPS) is 26.9. The number of rotatable bonds is 5. The molecular formula is C19H28Cl2O2Te. The van der Waals surface area contributed by atoms with Gasteiger partial charge < -0.3 is 0 Å². The summed E-state index contributed by atoms with van der Waals surface area (Å²) in [4.78, 5) is 12.8. The van der Waals surface area contributed by atoms with Crippen LogP contribution >= 0.6 is 17.9 Å². The second kappa shape index (κ2) is 8.63. The van der Waals surface area contributed by atoms with Crippen molar-refractivity contribution >= 4 is 43.4 Å². The Kier molecular flexibility index (Phi) is 7.33. The van der Waals surface area contributed by atoms with Crippen LogP contribution in [0.25, 0.3) is 0 Å². The molecule has 1 unspecified atom stereocenters. The molecule has 0 saturated heterocycles. The van der Waals surface area contributed by atoms with E-state index < -0.39 is 19.9 Å². The van der Waals surface area contributed by atoms with E-state index in [4.69, 9.17) is 22.7 Å². The molecule has 4 atom stereocenters. The van der Waals surface area contributed by atoms with Crippen LogP contribution in [0.15, 0.2) is 30.3 Å². The number of carbonyl (C=O) groups is 1. The van der Waals surface area contributed by atoms with Crippen LogP contribution in [0.5, 0.6) is 0 Å². The predicted octanol–water partition coefficient (Wildman–Crippen LogP) is 5.21. The zero-order valence-corrected chi connectivity index (χ0v) is 18.7. The van der Waals surface area contributed by atoms with Crippen LogP contribution in [0, 0.1) is 17.8 Å². The van der Waals surface area contributed by atoms with Crippen molar-refractivity contribution < 1.29 is 9.53 Å². The van der Waals surface area contributed by atoms with Gasteiger partial charge in [-0.15, -0.1) is 0 Å². The number of carbonyl (C=O) groups excluding carboxylic acids is 1. The van der Waals surface area contributed by atoms with Gasteiger partial charge in [-0.25, -0.2) is 0 Å². The summed E-state index contributed by atoms with van der Waals surface area (Å²) in [6.07, 6.45) is 3.27. The third kappa shape index (κ3) is 4.82. The molecule has 0 amide bonds. The average Bonchev–Trinajstić information content (AvgIpc) is 2.54. The Bertz CT molecular complexity index is 548. The van der Waals surface area contributed by atoms with Crippen LogP contribution in [-0.4, -0.2) is 28.0 Å². The van der Waals surface area contributed by atoms with Crippen LogP contribution in [0.2, 0.25) is 3.97 Å². The van der Waals surface area contributed by atoms with Gasteiger partial charge >= 0.3 is 158 Å². The van der Waals surface area contributed by atoms with Crippen molar-refractivity contribution in [3.8, 4) is 0 Å². The van der Waals surface area contributed by atoms with Crippen LogP contribution < -0.4 is 3.61 Å². The summed E-state index contributed by atoms with van der Waals surface area (Å²) in [5.74, 6) is 1.32. The van der Waals surface area contributed by atoms with Gasteiger partial charge in [0.2, 0.25) is 0 Å². The number of ether oxygens (including phenoxy) is 1. The Hall–Kier alpha value is 0.0596. The first kappa shape index (κ1) is 20.4. The number of hydrogen-bond donors (Lipinski definition) is 0. The van der Waals surface area contributed by atoms with Gasteiger partial charge in [-0.2, -0.15) is 0 Å². The summed E-state index contributed by atoms with van der Waals surface area (Å²) < 4.78 is 6.41. The van der Waals surface area contributed by atoms with Crippen molar-refractivity contribution in [2.45, 2.75) is 57.0 Å². The summed E-state index contributed by atoms with van der Waals surface area (Å²) in [6, 6.07) is 9.59. The SMILES string of the molecule is CC(C)[C@H]1CC[C@H](C)C[C@@H]1OC(=O)C(C)[Te](Cl)(Cl)c1ccccc1. The maximum atomic E-state index is 12.8. The molecule has 0 aliphatic heterocycles. The van der Waals surface area contributed by atoms with E-state index in [-0.39, 0.29) is 12.1 Å². The standard InChI is InChI=1S/C19H28Cl2O2Te/c1-13(2)17-11-10-14(3)12-18(17)23-19(22)15(4)24(20,21)16-8-6-5-7-9-16/h5-9,13-15,17-18H,10-12H2,1-4H3/t14-,15?,17+,18-/m0/s1. The fraction of sp³-hybridized carbons (Fsp3) is 0.632. The van der Waals surface area contributed by atoms with E-state index in [1.165, 1.54) is 6.42 Å². The quantitative estimate of drug-likeness (QED) is 0.422. The molecule has 0 heterocycles. The van der Waals surface area contributed by atoms with Crippen molar-refractivity contribution in [3.63, 3.8) is 0 Å². The van der Waals surface area contributed by atoms with Gasteiger partial charge in [0.1, 0.15) is 0 Å². The van der Waals surface area contributed by atoms with Crippen molar-refractivity contribution in [2.75, 3.05) is 0 Å². The second-order valence-electron chi connectivity index (χ2n) is 7.27. The zero-order valence-electron chi connectivity index (χ0n) is 14.9. The van der Waals surface area contributed by atoms with E-state index in [2.05, 4.69) is 20.8 Å². The van der Waals surface area contributed by atoms with Gasteiger partial charge in [-0.1, -0.05) is 0 Å². The second-order valence-corrected chi connectivity index (χ2v) is 21.1. The fourth-order valence-corrected chi connectivity index (χ4v) is 9.28. The molecule has 24 heavy (non-hydrogen) atoms. The number of hydrogen-bond acceptors (Lipinski definition) is 2. The number of halogens is 2. The Morgan fingerprint density at radius 1 is 1.17 bits per heavy atom. The molecule has 1 saturated carbocycles. The van der Waals surface area contributed by atoms with E-state index in [1.54, 1.807) is 0 Å². The first-order valence-electron chi connectivity index (χ1n) is 8.70. The maximum absolute atomic E-state index is 12.8. The summed E-state index contributed by atoms with van der Waals surface area (Å²) in [5, 5.41) is 0. The summed E-state index contributed by atoms with van der Waals surface area (Å²) in [6.45, 7) is 8.48. The summed E-state index contributed by atoms with van der Waals surface area (Å²) in [5.41, 5.74) is 0. The van der Waals surface area contributed by atoms with Crippen molar-refractivity contribution in [2.24, 2.45) is 17.8 Å². The van der Waals surface area contributed by atoms with Crippen molar-refractivity contribution in [1.29, 1.82) is 0 Å². The van der Waals surface area contributed by atoms with Crippen LogP contribution in [0.1, 0.15) is 47.0 Å². The van der Waals surface area contributed by atoms with E-state index >= 15 is 0 Å². The topological polar surface area (TPSA) is 26.3 Å². The van der Waals surface area contributed by atoms with Gasteiger partial charge in [-0.3, -0.25) is 0 Å². The predicted molar refractivity (Wildman–Crippen MR) is 104 cm³/mol. The molecule has 0 aromatic heterocycles. The van der Waals surface area contributed by atoms with Gasteiger partial charge in [-0.05, 0) is 0 Å². The molecule has 2 nitrogen and oxygen atoms in total. The van der Waals surface area contributed by atoms with Crippen LogP contribution in [0.4, 0.5) is 0 Å². The van der Waals surface area contributed by atoms with Gasteiger partial charge in [0.25, 0.3) is 0 Å². The Balaban J connectivity index is 2.09. The monoisotopic (exact) mass is 488 g/mol. The molecule has 1 aromatic carbocycles. The molecule has 0 radical (unpaired) electrons. The molecule has 1 aliphatic carbocycles. The molecule has 2 rings (SSSR count). The average molecular weight is 487 g/mol. The first-order chi connectivity index (χ1) is 11.2. The summed E-state index contributed by atoms with van der Waals surface area (Å²) >= 11 is -3.53. The minimum absolute atomic E-state index is 0.00793. The van der Waals surface area contributed by atoms with Crippen molar-refractivity contribution in [3.05, 3.63) is 30.3 Å². The molecular weight excluding hydrogens is 459 g/mol. The summed E-state index contributed by atoms with van der Waals surface area (Å²) in [7, 11) is 13.4.